The second-order valence-electron chi connectivity index (χ2n) is 5.77. The summed E-state index contributed by atoms with van der Waals surface area (Å²) in [4.78, 5) is 10.6. The Labute approximate surface area is 126 Å². The van der Waals surface area contributed by atoms with Crippen molar-refractivity contribution in [2.45, 2.75) is 33.1 Å². The van der Waals surface area contributed by atoms with Gasteiger partial charge in [-0.25, -0.2) is 0 Å². The van der Waals surface area contributed by atoms with E-state index >= 15 is 0 Å². The lowest BCUT2D eigenvalue weighted by atomic mass is 9.88. The molecule has 0 fully saturated rings. The van der Waals surface area contributed by atoms with Crippen molar-refractivity contribution < 1.29 is 9.53 Å². The molecule has 21 heavy (non-hydrogen) atoms. The van der Waals surface area contributed by atoms with Crippen molar-refractivity contribution in [2.75, 3.05) is 18.5 Å². The Balaban J connectivity index is 2.40. The summed E-state index contributed by atoms with van der Waals surface area (Å²) >= 11 is 0. The molecule has 114 valence electrons. The number of hydrogen-bond donors (Lipinski definition) is 2. The van der Waals surface area contributed by atoms with E-state index in [1.54, 1.807) is 0 Å². The molecule has 5 nitrogen and oxygen atoms in total. The van der Waals surface area contributed by atoms with E-state index in [-0.39, 0.29) is 17.7 Å². The number of nitrogens with zero attached hydrogens (tertiary/aromatic N) is 1. The second-order valence-corrected chi connectivity index (χ2v) is 5.77. The number of anilines is 1. The van der Waals surface area contributed by atoms with Crippen molar-refractivity contribution in [3.8, 4) is 11.8 Å². The predicted molar refractivity (Wildman–Crippen MR) is 82.9 cm³/mol. The molecule has 0 saturated heterocycles. The summed E-state index contributed by atoms with van der Waals surface area (Å²) in [7, 11) is 0. The van der Waals surface area contributed by atoms with Crippen LogP contribution in [0.4, 0.5) is 5.69 Å². The molecule has 0 radical (unpaired) electrons. The number of primary amides is 1. The third-order valence-electron chi connectivity index (χ3n) is 3.16. The van der Waals surface area contributed by atoms with Gasteiger partial charge in [-0.3, -0.25) is 4.79 Å². The third-order valence-corrected chi connectivity index (χ3v) is 3.16. The Hall–Kier alpha value is -2.22. The highest BCUT2D eigenvalue weighted by Gasteiger charge is 2.16. The Kier molecular flexibility index (Phi) is 6.54. The van der Waals surface area contributed by atoms with Gasteiger partial charge in [0.15, 0.2) is 0 Å². The molecule has 0 bridgehead atoms. The fraction of sp³-hybridized carbons (Fsp3) is 0.500. The van der Waals surface area contributed by atoms with Gasteiger partial charge in [0.1, 0.15) is 5.75 Å². The maximum Gasteiger partial charge on any atom is 0.220 e. The van der Waals surface area contributed by atoms with Crippen molar-refractivity contribution in [1.29, 1.82) is 5.26 Å². The standard InChI is InChI=1S/C16H23N3O2/c1-16(2,9-3-10-17)12-19-13-4-6-14(7-5-13)21-11-8-15(18)20/h4-7,19H,3,8-9,11-12H2,1-2H3,(H2,18,20). The molecule has 1 amide bonds. The minimum Gasteiger partial charge on any atom is -0.493 e. The SMILES string of the molecule is CC(C)(CCC#N)CNc1ccc(OCCC(N)=O)cc1. The van der Waals surface area contributed by atoms with Gasteiger partial charge in [-0.15, -0.1) is 0 Å². The predicted octanol–water partition coefficient (Wildman–Crippen LogP) is 2.68. The summed E-state index contributed by atoms with van der Waals surface area (Å²) in [5.74, 6) is 0.346. The van der Waals surface area contributed by atoms with Gasteiger partial charge in [-0.05, 0) is 36.1 Å². The van der Waals surface area contributed by atoms with E-state index in [4.69, 9.17) is 15.7 Å². The van der Waals surface area contributed by atoms with Gasteiger partial charge < -0.3 is 15.8 Å². The summed E-state index contributed by atoms with van der Waals surface area (Å²) in [6.07, 6.45) is 1.65. The van der Waals surface area contributed by atoms with E-state index in [2.05, 4.69) is 25.2 Å². The largest absolute Gasteiger partial charge is 0.493 e. The van der Waals surface area contributed by atoms with Crippen LogP contribution < -0.4 is 15.8 Å². The Morgan fingerprint density at radius 2 is 2.05 bits per heavy atom. The van der Waals surface area contributed by atoms with Gasteiger partial charge in [-0.2, -0.15) is 5.26 Å². The molecule has 0 aliphatic rings. The van der Waals surface area contributed by atoms with Crippen LogP contribution in [-0.2, 0) is 4.79 Å². The van der Waals surface area contributed by atoms with E-state index in [1.807, 2.05) is 24.3 Å². The summed E-state index contributed by atoms with van der Waals surface area (Å²) in [6, 6.07) is 9.75. The zero-order valence-electron chi connectivity index (χ0n) is 12.7. The topological polar surface area (TPSA) is 88.1 Å². The molecule has 0 atom stereocenters. The van der Waals surface area contributed by atoms with E-state index in [0.29, 0.717) is 18.8 Å². The summed E-state index contributed by atoms with van der Waals surface area (Å²) < 4.78 is 5.41. The number of nitriles is 1. The fourth-order valence-corrected chi connectivity index (χ4v) is 1.76. The Bertz CT molecular complexity index is 489. The number of nitrogens with one attached hydrogen (secondary N) is 1. The number of ether oxygens (including phenoxy) is 1. The Morgan fingerprint density at radius 3 is 2.62 bits per heavy atom. The van der Waals surface area contributed by atoms with Crippen molar-refractivity contribution in [1.82, 2.24) is 0 Å². The molecule has 0 aliphatic carbocycles. The van der Waals surface area contributed by atoms with Crippen LogP contribution in [0.25, 0.3) is 0 Å². The van der Waals surface area contributed by atoms with Gasteiger partial charge in [0.25, 0.3) is 0 Å². The number of rotatable bonds is 9. The van der Waals surface area contributed by atoms with E-state index < -0.39 is 0 Å². The van der Waals surface area contributed by atoms with Crippen LogP contribution in [-0.4, -0.2) is 19.1 Å². The average Bonchev–Trinajstić information content (AvgIpc) is 2.44. The van der Waals surface area contributed by atoms with E-state index in [0.717, 1.165) is 18.7 Å². The summed E-state index contributed by atoms with van der Waals surface area (Å²) in [5, 5.41) is 12.0. The zero-order chi connectivity index (χ0) is 15.7. The average molecular weight is 289 g/mol. The molecular formula is C16H23N3O2. The highest BCUT2D eigenvalue weighted by Crippen LogP contribution is 2.23. The van der Waals surface area contributed by atoms with Crippen LogP contribution in [0.15, 0.2) is 24.3 Å². The number of benzene rings is 1. The van der Waals surface area contributed by atoms with Crippen molar-refractivity contribution in [3.05, 3.63) is 24.3 Å². The molecule has 0 aliphatic heterocycles. The highest BCUT2D eigenvalue weighted by atomic mass is 16.5. The molecule has 0 spiro atoms. The summed E-state index contributed by atoms with van der Waals surface area (Å²) in [6.45, 7) is 5.37. The van der Waals surface area contributed by atoms with Gasteiger partial charge in [0, 0.05) is 18.7 Å². The van der Waals surface area contributed by atoms with Crippen molar-refractivity contribution in [3.63, 3.8) is 0 Å². The first-order valence-electron chi connectivity index (χ1n) is 7.05. The lowest BCUT2D eigenvalue weighted by molar-refractivity contribution is -0.118. The third kappa shape index (κ3) is 7.21. The lowest BCUT2D eigenvalue weighted by Gasteiger charge is -2.24. The highest BCUT2D eigenvalue weighted by molar-refractivity contribution is 5.73. The van der Waals surface area contributed by atoms with Gasteiger partial charge >= 0.3 is 0 Å². The molecule has 0 saturated carbocycles. The number of hydrogen-bond acceptors (Lipinski definition) is 4. The lowest BCUT2D eigenvalue weighted by Crippen LogP contribution is -2.22. The minimum atomic E-state index is -0.368. The second kappa shape index (κ2) is 8.15. The summed E-state index contributed by atoms with van der Waals surface area (Å²) in [5.41, 5.74) is 6.12. The number of amides is 1. The van der Waals surface area contributed by atoms with E-state index in [9.17, 15) is 4.79 Å². The maximum atomic E-state index is 10.6. The molecule has 0 aromatic heterocycles. The van der Waals surface area contributed by atoms with Gasteiger partial charge in [0.2, 0.25) is 5.91 Å². The number of carbonyl (C=O) groups is 1. The van der Waals surface area contributed by atoms with Gasteiger partial charge in [0.05, 0.1) is 19.1 Å². The Morgan fingerprint density at radius 1 is 1.38 bits per heavy atom. The number of nitrogens with two attached hydrogens (primary N) is 1. The van der Waals surface area contributed by atoms with E-state index in [1.165, 1.54) is 0 Å². The van der Waals surface area contributed by atoms with Crippen LogP contribution in [0.5, 0.6) is 5.75 Å². The smallest absolute Gasteiger partial charge is 0.220 e. The van der Waals surface area contributed by atoms with Crippen LogP contribution in [0, 0.1) is 16.7 Å². The van der Waals surface area contributed by atoms with Gasteiger partial charge in [-0.1, -0.05) is 13.8 Å². The molecule has 3 N–H and O–H groups in total. The molecule has 1 aromatic rings. The molecule has 0 heterocycles. The molecule has 1 aromatic carbocycles. The van der Waals surface area contributed by atoms with Crippen LogP contribution >= 0.6 is 0 Å². The monoisotopic (exact) mass is 289 g/mol. The first-order valence-corrected chi connectivity index (χ1v) is 7.05. The van der Waals surface area contributed by atoms with Crippen LogP contribution in [0.1, 0.15) is 33.1 Å². The van der Waals surface area contributed by atoms with Crippen molar-refractivity contribution >= 4 is 11.6 Å². The first-order chi connectivity index (χ1) is 9.93. The molecule has 0 unspecified atom stereocenters. The molecular weight excluding hydrogens is 266 g/mol. The maximum absolute atomic E-state index is 10.6. The number of carbonyl (C=O) groups excluding carboxylic acids is 1. The fourth-order valence-electron chi connectivity index (χ4n) is 1.76. The molecule has 5 heteroatoms. The quantitative estimate of drug-likeness (QED) is 0.731. The molecule has 1 rings (SSSR count). The van der Waals surface area contributed by atoms with Crippen LogP contribution in [0.2, 0.25) is 0 Å². The minimum absolute atomic E-state index is 0.0758. The van der Waals surface area contributed by atoms with Crippen molar-refractivity contribution in [2.24, 2.45) is 11.1 Å². The zero-order valence-corrected chi connectivity index (χ0v) is 12.7. The normalized spacial score (nSPS) is 10.7. The van der Waals surface area contributed by atoms with Crippen LogP contribution in [0.3, 0.4) is 0 Å². The first kappa shape index (κ1) is 16.8.